The molecule has 0 amide bonds. The molecule has 0 heterocycles. The fourth-order valence-electron chi connectivity index (χ4n) is 3.45. The maximum absolute atomic E-state index is 12.0. The number of esters is 2. The van der Waals surface area contributed by atoms with Crippen molar-refractivity contribution in [1.82, 2.24) is 0 Å². The third-order valence-corrected chi connectivity index (χ3v) is 5.23. The van der Waals surface area contributed by atoms with Crippen molar-refractivity contribution in [1.29, 1.82) is 0 Å². The molecule has 2 aromatic rings. The van der Waals surface area contributed by atoms with Crippen LogP contribution in [0, 0.1) is 0 Å². The summed E-state index contributed by atoms with van der Waals surface area (Å²) in [6.45, 7) is 2.75. The minimum Gasteiger partial charge on any atom is -0.466 e. The molecule has 0 aliphatic rings. The van der Waals surface area contributed by atoms with E-state index in [4.69, 9.17) is 9.47 Å². The fourth-order valence-corrected chi connectivity index (χ4v) is 3.45. The Morgan fingerprint density at radius 3 is 2.10 bits per heavy atom. The van der Waals surface area contributed by atoms with Crippen LogP contribution in [0.3, 0.4) is 0 Å². The van der Waals surface area contributed by atoms with E-state index in [9.17, 15) is 9.59 Å². The van der Waals surface area contributed by atoms with Gasteiger partial charge in [-0.3, -0.25) is 9.59 Å². The summed E-state index contributed by atoms with van der Waals surface area (Å²) < 4.78 is 10.7. The number of unbranched alkanes of at least 4 members (excludes halogenated alkanes) is 8. The van der Waals surface area contributed by atoms with Gasteiger partial charge in [-0.25, -0.2) is 0 Å². The summed E-state index contributed by atoms with van der Waals surface area (Å²) in [5.41, 5.74) is 0. The molecule has 0 unspecified atom stereocenters. The Morgan fingerprint density at radius 1 is 0.700 bits per heavy atom. The molecule has 2 aromatic carbocycles. The van der Waals surface area contributed by atoms with E-state index in [0.717, 1.165) is 42.9 Å². The molecule has 0 aromatic heterocycles. The summed E-state index contributed by atoms with van der Waals surface area (Å²) in [5.74, 6) is 0.221. The van der Waals surface area contributed by atoms with Crippen LogP contribution in [0.1, 0.15) is 84.0 Å². The topological polar surface area (TPSA) is 52.6 Å². The lowest BCUT2D eigenvalue weighted by Crippen LogP contribution is -2.08. The van der Waals surface area contributed by atoms with Gasteiger partial charge in [0, 0.05) is 12.8 Å². The van der Waals surface area contributed by atoms with Crippen LogP contribution < -0.4 is 4.74 Å². The van der Waals surface area contributed by atoms with Gasteiger partial charge >= 0.3 is 11.9 Å². The van der Waals surface area contributed by atoms with Crippen LogP contribution in [0.25, 0.3) is 10.8 Å². The third kappa shape index (κ3) is 9.91. The largest absolute Gasteiger partial charge is 0.466 e. The van der Waals surface area contributed by atoms with Crippen molar-refractivity contribution in [3.8, 4) is 5.75 Å². The highest BCUT2D eigenvalue weighted by molar-refractivity contribution is 5.84. The molecule has 4 heteroatoms. The van der Waals surface area contributed by atoms with E-state index in [0.29, 0.717) is 25.2 Å². The smallest absolute Gasteiger partial charge is 0.311 e. The zero-order valence-corrected chi connectivity index (χ0v) is 18.4. The van der Waals surface area contributed by atoms with Gasteiger partial charge in [-0.15, -0.1) is 0 Å². The molecule has 0 atom stereocenters. The van der Waals surface area contributed by atoms with Crippen molar-refractivity contribution < 1.29 is 19.1 Å². The monoisotopic (exact) mass is 412 g/mol. The molecule has 0 N–H and O–H groups in total. The fraction of sp³-hybridized carbons (Fsp3) is 0.538. The Hall–Kier alpha value is -2.36. The number of benzene rings is 2. The van der Waals surface area contributed by atoms with E-state index in [-0.39, 0.29) is 11.9 Å². The summed E-state index contributed by atoms with van der Waals surface area (Å²) in [5, 5.41) is 2.17. The molecule has 0 aliphatic carbocycles. The van der Waals surface area contributed by atoms with Crippen LogP contribution in [-0.4, -0.2) is 18.5 Å². The van der Waals surface area contributed by atoms with Crippen LogP contribution in [-0.2, 0) is 14.3 Å². The molecule has 2 rings (SSSR count). The SMILES string of the molecule is CCCCCCCCCOC(=O)CCCCCC(=O)Oc1ccc2ccccc2c1. The van der Waals surface area contributed by atoms with Gasteiger partial charge in [0.25, 0.3) is 0 Å². The average Bonchev–Trinajstić information content (AvgIpc) is 2.75. The summed E-state index contributed by atoms with van der Waals surface area (Å²) in [4.78, 5) is 23.8. The van der Waals surface area contributed by atoms with Crippen LogP contribution in [0.15, 0.2) is 42.5 Å². The number of ether oxygens (including phenoxy) is 2. The number of hydrogen-bond acceptors (Lipinski definition) is 4. The number of fused-ring (bicyclic) bond motifs is 1. The second-order valence-corrected chi connectivity index (χ2v) is 7.89. The predicted molar refractivity (Wildman–Crippen MR) is 122 cm³/mol. The van der Waals surface area contributed by atoms with Gasteiger partial charge in [-0.2, -0.15) is 0 Å². The summed E-state index contributed by atoms with van der Waals surface area (Å²) in [6, 6.07) is 13.6. The van der Waals surface area contributed by atoms with E-state index < -0.39 is 0 Å². The van der Waals surface area contributed by atoms with Gasteiger partial charge in [-0.1, -0.05) is 82.2 Å². The molecule has 0 aliphatic heterocycles. The molecule has 4 nitrogen and oxygen atoms in total. The molecule has 164 valence electrons. The Bertz CT molecular complexity index is 768. The summed E-state index contributed by atoms with van der Waals surface area (Å²) >= 11 is 0. The molecular weight excluding hydrogens is 376 g/mol. The Kier molecular flexibility index (Phi) is 11.6. The minimum absolute atomic E-state index is 0.125. The summed E-state index contributed by atoms with van der Waals surface area (Å²) in [6.07, 6.45) is 11.6. The molecule has 0 fully saturated rings. The van der Waals surface area contributed by atoms with Gasteiger partial charge in [0.2, 0.25) is 0 Å². The van der Waals surface area contributed by atoms with Crippen LogP contribution in [0.4, 0.5) is 0 Å². The van der Waals surface area contributed by atoms with E-state index in [2.05, 4.69) is 6.92 Å². The van der Waals surface area contributed by atoms with Crippen molar-refractivity contribution in [2.45, 2.75) is 84.0 Å². The van der Waals surface area contributed by atoms with Crippen LogP contribution in [0.2, 0.25) is 0 Å². The zero-order valence-electron chi connectivity index (χ0n) is 18.4. The average molecular weight is 413 g/mol. The lowest BCUT2D eigenvalue weighted by atomic mass is 10.1. The molecule has 30 heavy (non-hydrogen) atoms. The highest BCUT2D eigenvalue weighted by atomic mass is 16.5. The van der Waals surface area contributed by atoms with Gasteiger partial charge < -0.3 is 9.47 Å². The first-order valence-corrected chi connectivity index (χ1v) is 11.5. The molecule has 0 bridgehead atoms. The first-order chi connectivity index (χ1) is 14.7. The molecule has 0 radical (unpaired) electrons. The quantitative estimate of drug-likeness (QED) is 0.180. The number of hydrogen-bond donors (Lipinski definition) is 0. The van der Waals surface area contributed by atoms with Crippen LogP contribution >= 0.6 is 0 Å². The lowest BCUT2D eigenvalue weighted by molar-refractivity contribution is -0.143. The maximum Gasteiger partial charge on any atom is 0.311 e. The molecule has 0 saturated heterocycles. The zero-order chi connectivity index (χ0) is 21.4. The minimum atomic E-state index is -0.230. The summed E-state index contributed by atoms with van der Waals surface area (Å²) in [7, 11) is 0. The lowest BCUT2D eigenvalue weighted by Gasteiger charge is -2.06. The molecule has 0 spiro atoms. The predicted octanol–water partition coefficient (Wildman–Crippen LogP) is 6.99. The number of carbonyl (C=O) groups excluding carboxylic acids is 2. The van der Waals surface area contributed by atoms with Crippen molar-refractivity contribution in [3.63, 3.8) is 0 Å². The standard InChI is InChI=1S/C26H36O4/c1-2-3-4-5-6-7-13-20-29-25(27)16-9-8-10-17-26(28)30-24-19-18-22-14-11-12-15-23(22)21-24/h11-12,14-15,18-19,21H,2-10,13,16-17,20H2,1H3. The second-order valence-electron chi connectivity index (χ2n) is 7.89. The van der Waals surface area contributed by atoms with E-state index in [1.54, 1.807) is 0 Å². The second kappa shape index (κ2) is 14.6. The first-order valence-electron chi connectivity index (χ1n) is 11.5. The van der Waals surface area contributed by atoms with Crippen LogP contribution in [0.5, 0.6) is 5.75 Å². The van der Waals surface area contributed by atoms with Gasteiger partial charge in [0.1, 0.15) is 5.75 Å². The Balaban J connectivity index is 1.47. The van der Waals surface area contributed by atoms with E-state index >= 15 is 0 Å². The first kappa shape index (κ1) is 23.9. The van der Waals surface area contributed by atoms with E-state index in [1.165, 1.54) is 32.1 Å². The van der Waals surface area contributed by atoms with Crippen molar-refractivity contribution in [3.05, 3.63) is 42.5 Å². The van der Waals surface area contributed by atoms with Crippen molar-refractivity contribution >= 4 is 22.7 Å². The molecular formula is C26H36O4. The number of carbonyl (C=O) groups is 2. The van der Waals surface area contributed by atoms with Gasteiger partial charge in [0.05, 0.1) is 6.61 Å². The van der Waals surface area contributed by atoms with Crippen molar-refractivity contribution in [2.75, 3.05) is 6.61 Å². The normalized spacial score (nSPS) is 10.8. The highest BCUT2D eigenvalue weighted by Crippen LogP contribution is 2.21. The maximum atomic E-state index is 12.0. The third-order valence-electron chi connectivity index (χ3n) is 5.23. The van der Waals surface area contributed by atoms with E-state index in [1.807, 2.05) is 42.5 Å². The highest BCUT2D eigenvalue weighted by Gasteiger charge is 2.07. The van der Waals surface area contributed by atoms with Gasteiger partial charge in [-0.05, 0) is 42.2 Å². The van der Waals surface area contributed by atoms with Gasteiger partial charge in [0.15, 0.2) is 0 Å². The Labute approximate surface area is 181 Å². The Morgan fingerprint density at radius 2 is 1.33 bits per heavy atom. The molecule has 0 saturated carbocycles. The van der Waals surface area contributed by atoms with Crippen molar-refractivity contribution in [2.24, 2.45) is 0 Å². The number of rotatable bonds is 15.